The van der Waals surface area contributed by atoms with Crippen molar-refractivity contribution in [3.8, 4) is 22.9 Å². The van der Waals surface area contributed by atoms with E-state index in [0.717, 1.165) is 0 Å². The van der Waals surface area contributed by atoms with Crippen molar-refractivity contribution >= 4 is 0 Å². The molecule has 11 heteroatoms. The fraction of sp³-hybridized carbons (Fsp3) is 0.118. The molecule has 144 valence electrons. The van der Waals surface area contributed by atoms with Crippen LogP contribution >= 0.6 is 0 Å². The average Bonchev–Trinajstić information content (AvgIpc) is 3.34. The van der Waals surface area contributed by atoms with Gasteiger partial charge in [-0.25, -0.2) is 5.48 Å². The second kappa shape index (κ2) is 7.19. The molecule has 3 aromatic rings. The minimum absolute atomic E-state index is 0.305. The van der Waals surface area contributed by atoms with E-state index < -0.39 is 12.5 Å². The molecule has 1 aliphatic rings. The summed E-state index contributed by atoms with van der Waals surface area (Å²) in [6.45, 7) is 0. The number of hydroxylamine groups is 1. The molecule has 0 spiro atoms. The molecule has 2 aromatic heterocycles. The number of ether oxygens (including phenoxy) is 2. The minimum atomic E-state index is -4.73. The summed E-state index contributed by atoms with van der Waals surface area (Å²) in [7, 11) is 0. The first-order chi connectivity index (χ1) is 13.5. The molecule has 1 aromatic carbocycles. The highest BCUT2D eigenvalue weighted by Crippen LogP contribution is 2.29. The summed E-state index contributed by atoms with van der Waals surface area (Å²) in [4.78, 5) is 9.60. The van der Waals surface area contributed by atoms with Gasteiger partial charge in [0.05, 0.1) is 18.1 Å². The number of nitrogens with one attached hydrogen (secondary N) is 2. The van der Waals surface area contributed by atoms with Crippen LogP contribution in [0.3, 0.4) is 0 Å². The zero-order chi connectivity index (χ0) is 19.6. The van der Waals surface area contributed by atoms with E-state index in [1.807, 2.05) is 0 Å². The number of pyridine rings is 1. The lowest BCUT2D eigenvalue weighted by atomic mass is 10.1. The maximum Gasteiger partial charge on any atom is 0.573 e. The molecule has 28 heavy (non-hydrogen) atoms. The van der Waals surface area contributed by atoms with Crippen LogP contribution in [0.2, 0.25) is 0 Å². The van der Waals surface area contributed by atoms with E-state index in [-0.39, 0.29) is 5.75 Å². The monoisotopic (exact) mass is 391 g/mol. The fourth-order valence-corrected chi connectivity index (χ4v) is 2.45. The van der Waals surface area contributed by atoms with Gasteiger partial charge < -0.3 is 9.47 Å². The first kappa shape index (κ1) is 17.8. The smallest absolute Gasteiger partial charge is 0.438 e. The topological polar surface area (TPSA) is 94.2 Å². The van der Waals surface area contributed by atoms with E-state index in [9.17, 15) is 13.2 Å². The summed E-state index contributed by atoms with van der Waals surface area (Å²) in [5, 5.41) is 10.2. The molecule has 0 amide bonds. The number of aromatic nitrogens is 4. The number of hydrogen-bond donors (Lipinski definition) is 2. The van der Waals surface area contributed by atoms with Crippen LogP contribution in [0.25, 0.3) is 11.4 Å². The summed E-state index contributed by atoms with van der Waals surface area (Å²) in [5.74, 6) is 0.488. The first-order valence-electron chi connectivity index (χ1n) is 7.95. The van der Waals surface area contributed by atoms with Crippen molar-refractivity contribution in [1.29, 1.82) is 0 Å². The maximum atomic E-state index is 12.2. The Morgan fingerprint density at radius 2 is 1.75 bits per heavy atom. The zero-order valence-corrected chi connectivity index (χ0v) is 14.0. The Bertz CT molecular complexity index is 957. The molecule has 0 bridgehead atoms. The van der Waals surface area contributed by atoms with E-state index in [4.69, 9.17) is 9.57 Å². The lowest BCUT2D eigenvalue weighted by Gasteiger charge is -2.11. The quantitative estimate of drug-likeness (QED) is 0.689. The molecule has 8 nitrogen and oxygen atoms in total. The fourth-order valence-electron chi connectivity index (χ4n) is 2.45. The van der Waals surface area contributed by atoms with Crippen LogP contribution in [-0.2, 0) is 4.84 Å². The lowest BCUT2D eigenvalue weighted by molar-refractivity contribution is -0.274. The molecule has 1 aliphatic heterocycles. The number of hydrogen-bond acceptors (Lipinski definition) is 7. The van der Waals surface area contributed by atoms with Crippen molar-refractivity contribution in [2.75, 3.05) is 0 Å². The van der Waals surface area contributed by atoms with Gasteiger partial charge in [0, 0.05) is 6.08 Å². The Hall–Kier alpha value is -3.60. The third-order valence-corrected chi connectivity index (χ3v) is 3.67. The molecule has 4 rings (SSSR count). The Labute approximate surface area is 155 Å². The Morgan fingerprint density at radius 3 is 2.39 bits per heavy atom. The van der Waals surface area contributed by atoms with Crippen molar-refractivity contribution in [3.63, 3.8) is 0 Å². The first-order valence-corrected chi connectivity index (χ1v) is 7.95. The molecule has 0 unspecified atom stereocenters. The third-order valence-electron chi connectivity index (χ3n) is 3.67. The standard InChI is InChI=1S/C17H12F3N5O3/c18-17(19,20)27-11-3-1-10(2-4-11)15-7-16(24-28-15)26-12-5-6-13(21-8-12)14-9-22-25-23-14/h1-9,15,24H,(H,22,23,25)/t15-/m0/s1. The summed E-state index contributed by atoms with van der Waals surface area (Å²) in [6, 6.07) is 8.80. The maximum absolute atomic E-state index is 12.2. The SMILES string of the molecule is FC(F)(F)Oc1ccc([C@@H]2C=C(Oc3ccc(-c4cn[nH]n4)nc3)NO2)cc1. The van der Waals surface area contributed by atoms with E-state index in [1.54, 1.807) is 24.4 Å². The predicted octanol–water partition coefficient (Wildman–Crippen LogP) is 3.26. The molecule has 0 aliphatic carbocycles. The van der Waals surface area contributed by atoms with Gasteiger partial charge in [-0.1, -0.05) is 12.1 Å². The molecular weight excluding hydrogens is 379 g/mol. The summed E-state index contributed by atoms with van der Waals surface area (Å²) >= 11 is 0. The highest BCUT2D eigenvalue weighted by Gasteiger charge is 2.31. The van der Waals surface area contributed by atoms with Gasteiger partial charge in [0.25, 0.3) is 0 Å². The van der Waals surface area contributed by atoms with Crippen LogP contribution in [0.4, 0.5) is 13.2 Å². The molecule has 0 radical (unpaired) electrons. The molecule has 2 N–H and O–H groups in total. The molecule has 0 fully saturated rings. The number of benzene rings is 1. The second-order valence-corrected chi connectivity index (χ2v) is 5.62. The number of nitrogens with zero attached hydrogens (tertiary/aromatic N) is 3. The van der Waals surface area contributed by atoms with Crippen molar-refractivity contribution < 1.29 is 27.5 Å². The van der Waals surface area contributed by atoms with Crippen LogP contribution < -0.4 is 15.0 Å². The number of rotatable bonds is 5. The van der Waals surface area contributed by atoms with Crippen molar-refractivity contribution in [2.45, 2.75) is 12.5 Å². The van der Waals surface area contributed by atoms with E-state index in [1.165, 1.54) is 30.5 Å². The van der Waals surface area contributed by atoms with E-state index in [0.29, 0.717) is 28.6 Å². The normalized spacial score (nSPS) is 16.4. The molecule has 3 heterocycles. The van der Waals surface area contributed by atoms with Crippen LogP contribution in [0, 0.1) is 0 Å². The minimum Gasteiger partial charge on any atom is -0.438 e. The summed E-state index contributed by atoms with van der Waals surface area (Å²) < 4.78 is 46.1. The largest absolute Gasteiger partial charge is 0.573 e. The highest BCUT2D eigenvalue weighted by atomic mass is 19.4. The van der Waals surface area contributed by atoms with Gasteiger partial charge in [0.15, 0.2) is 0 Å². The van der Waals surface area contributed by atoms with Gasteiger partial charge in [-0.15, -0.1) is 13.2 Å². The van der Waals surface area contributed by atoms with Crippen molar-refractivity contribution in [1.82, 2.24) is 25.9 Å². The van der Waals surface area contributed by atoms with Gasteiger partial charge in [-0.05, 0) is 29.8 Å². The summed E-state index contributed by atoms with van der Waals surface area (Å²) in [6.07, 6.45) is -0.551. The third kappa shape index (κ3) is 4.20. The highest BCUT2D eigenvalue weighted by molar-refractivity contribution is 5.52. The van der Waals surface area contributed by atoms with Gasteiger partial charge in [-0.2, -0.15) is 15.4 Å². The molecule has 0 saturated heterocycles. The van der Waals surface area contributed by atoms with Crippen LogP contribution in [0.15, 0.2) is 60.8 Å². The predicted molar refractivity (Wildman–Crippen MR) is 88.4 cm³/mol. The Kier molecular flexibility index (Phi) is 4.57. The zero-order valence-electron chi connectivity index (χ0n) is 14.0. The average molecular weight is 391 g/mol. The van der Waals surface area contributed by atoms with Gasteiger partial charge >= 0.3 is 6.36 Å². The molecular formula is C17H12F3N5O3. The van der Waals surface area contributed by atoms with Gasteiger partial charge in [0.1, 0.15) is 23.3 Å². The number of halogens is 3. The Balaban J connectivity index is 1.40. The van der Waals surface area contributed by atoms with Crippen LogP contribution in [-0.4, -0.2) is 26.8 Å². The lowest BCUT2D eigenvalue weighted by Crippen LogP contribution is -2.17. The van der Waals surface area contributed by atoms with Gasteiger partial charge in [0.2, 0.25) is 5.88 Å². The van der Waals surface area contributed by atoms with Crippen molar-refractivity contribution in [2.24, 2.45) is 0 Å². The number of aromatic amines is 1. The molecule has 0 saturated carbocycles. The number of H-pyrrole nitrogens is 1. The molecule has 1 atom stereocenters. The van der Waals surface area contributed by atoms with Crippen LogP contribution in [0.1, 0.15) is 11.7 Å². The summed E-state index contributed by atoms with van der Waals surface area (Å²) in [5.41, 5.74) is 4.48. The van der Waals surface area contributed by atoms with Gasteiger partial charge in [-0.3, -0.25) is 9.82 Å². The second-order valence-electron chi connectivity index (χ2n) is 5.62. The van der Waals surface area contributed by atoms with E-state index >= 15 is 0 Å². The Morgan fingerprint density at radius 1 is 0.964 bits per heavy atom. The van der Waals surface area contributed by atoms with E-state index in [2.05, 4.69) is 30.6 Å². The number of alkyl halides is 3. The van der Waals surface area contributed by atoms with Crippen molar-refractivity contribution in [3.05, 3.63) is 66.3 Å². The van der Waals surface area contributed by atoms with Crippen LogP contribution in [0.5, 0.6) is 11.5 Å².